The van der Waals surface area contributed by atoms with E-state index in [0.717, 1.165) is 12.3 Å². The van der Waals surface area contributed by atoms with Crippen molar-refractivity contribution in [3.8, 4) is 0 Å². The summed E-state index contributed by atoms with van der Waals surface area (Å²) in [5.41, 5.74) is 0. The van der Waals surface area contributed by atoms with Crippen molar-refractivity contribution in [2.24, 2.45) is 5.92 Å². The predicted molar refractivity (Wildman–Crippen MR) is 77.2 cm³/mol. The van der Waals surface area contributed by atoms with Gasteiger partial charge in [-0.25, -0.2) is 0 Å². The van der Waals surface area contributed by atoms with Gasteiger partial charge < -0.3 is 5.11 Å². The summed E-state index contributed by atoms with van der Waals surface area (Å²) in [6, 6.07) is 0. The summed E-state index contributed by atoms with van der Waals surface area (Å²) >= 11 is 0. The first-order valence-electron chi connectivity index (χ1n) is 7.61. The number of hydrogen-bond acceptors (Lipinski definition) is 1. The average Bonchev–Trinajstić information content (AvgIpc) is 2.34. The molecule has 0 aromatic heterocycles. The van der Waals surface area contributed by atoms with Gasteiger partial charge in [0.2, 0.25) is 0 Å². The number of allylic oxidation sites excluding steroid dienone is 1. The molecule has 0 radical (unpaired) electrons. The summed E-state index contributed by atoms with van der Waals surface area (Å²) < 4.78 is 0. The summed E-state index contributed by atoms with van der Waals surface area (Å²) in [5.74, 6) is 0.842. The van der Waals surface area contributed by atoms with Crippen molar-refractivity contribution in [1.29, 1.82) is 0 Å². The summed E-state index contributed by atoms with van der Waals surface area (Å²) in [7, 11) is 0. The molecule has 102 valence electrons. The molecule has 0 fully saturated rings. The molecule has 0 aromatic carbocycles. The van der Waals surface area contributed by atoms with Crippen LogP contribution >= 0.6 is 0 Å². The number of rotatable bonds is 12. The molecule has 0 aliphatic rings. The lowest BCUT2D eigenvalue weighted by atomic mass is 9.93. The third-order valence-electron chi connectivity index (χ3n) is 3.40. The Kier molecular flexibility index (Phi) is 13.5. The average molecular weight is 240 g/mol. The minimum absolute atomic E-state index is 0.190. The molecule has 1 heteroatoms. The van der Waals surface area contributed by atoms with E-state index in [4.69, 9.17) is 5.11 Å². The predicted octanol–water partition coefficient (Wildman–Crippen LogP) is 5.09. The highest BCUT2D eigenvalue weighted by atomic mass is 16.2. The monoisotopic (exact) mass is 240 g/mol. The van der Waals surface area contributed by atoms with Crippen molar-refractivity contribution in [1.82, 2.24) is 0 Å². The molecule has 1 N–H and O–H groups in total. The van der Waals surface area contributed by atoms with Crippen molar-refractivity contribution >= 4 is 0 Å². The van der Waals surface area contributed by atoms with E-state index in [0.29, 0.717) is 0 Å². The Hall–Kier alpha value is -0.300. The summed E-state index contributed by atoms with van der Waals surface area (Å²) in [6.45, 7) is 4.73. The van der Waals surface area contributed by atoms with Gasteiger partial charge in [0, 0.05) is 0 Å². The van der Waals surface area contributed by atoms with Crippen LogP contribution in [0.2, 0.25) is 0 Å². The molecule has 1 unspecified atom stereocenters. The fraction of sp³-hybridized carbons (Fsp3) is 0.875. The van der Waals surface area contributed by atoms with Crippen molar-refractivity contribution in [2.75, 3.05) is 6.61 Å². The molecule has 1 atom stereocenters. The first-order valence-corrected chi connectivity index (χ1v) is 7.61. The number of aliphatic hydroxyl groups is 1. The molecule has 0 aromatic rings. The van der Waals surface area contributed by atoms with Crippen LogP contribution in [0, 0.1) is 5.92 Å². The fourth-order valence-electron chi connectivity index (χ4n) is 2.36. The lowest BCUT2D eigenvalue weighted by molar-refractivity contribution is 0.341. The molecule has 0 aliphatic carbocycles. The normalized spacial score (nSPS) is 13.4. The van der Waals surface area contributed by atoms with Gasteiger partial charge in [0.05, 0.1) is 6.61 Å². The first-order chi connectivity index (χ1) is 8.35. The van der Waals surface area contributed by atoms with Crippen LogP contribution in [-0.2, 0) is 0 Å². The first kappa shape index (κ1) is 16.7. The van der Waals surface area contributed by atoms with Gasteiger partial charge in [0.1, 0.15) is 0 Å². The van der Waals surface area contributed by atoms with Gasteiger partial charge in [-0.2, -0.15) is 0 Å². The molecule has 1 nitrogen and oxygen atoms in total. The molecule has 0 heterocycles. The van der Waals surface area contributed by atoms with Gasteiger partial charge in [0.25, 0.3) is 0 Å². The second kappa shape index (κ2) is 13.8. The van der Waals surface area contributed by atoms with Gasteiger partial charge in [-0.15, -0.1) is 0 Å². The lowest BCUT2D eigenvalue weighted by Gasteiger charge is -2.13. The highest BCUT2D eigenvalue weighted by Gasteiger charge is 2.05. The van der Waals surface area contributed by atoms with Crippen LogP contribution in [0.25, 0.3) is 0 Å². The van der Waals surface area contributed by atoms with Crippen molar-refractivity contribution < 1.29 is 5.11 Å². The molecule has 0 bridgehead atoms. The maximum absolute atomic E-state index is 8.72. The van der Waals surface area contributed by atoms with E-state index < -0.39 is 0 Å². The second-order valence-corrected chi connectivity index (χ2v) is 5.10. The Morgan fingerprint density at radius 2 is 1.53 bits per heavy atom. The zero-order valence-electron chi connectivity index (χ0n) is 12.0. The van der Waals surface area contributed by atoms with E-state index in [9.17, 15) is 0 Å². The molecule has 0 aliphatic heterocycles. The smallest absolute Gasteiger partial charge is 0.0612 e. The maximum atomic E-state index is 8.72. The van der Waals surface area contributed by atoms with E-state index in [1.807, 2.05) is 6.08 Å². The summed E-state index contributed by atoms with van der Waals surface area (Å²) in [6.07, 6.45) is 17.5. The van der Waals surface area contributed by atoms with Gasteiger partial charge in [-0.1, -0.05) is 83.8 Å². The molecule has 0 rings (SSSR count). The SMILES string of the molecule is CCCCCCCCC(CC=CCO)CCC. The largest absolute Gasteiger partial charge is 0.392 e. The van der Waals surface area contributed by atoms with E-state index >= 15 is 0 Å². The van der Waals surface area contributed by atoms with Crippen LogP contribution in [0.15, 0.2) is 12.2 Å². The number of unbranched alkanes of at least 4 members (excludes halogenated alkanes) is 5. The highest BCUT2D eigenvalue weighted by molar-refractivity contribution is 4.83. The molecular weight excluding hydrogens is 208 g/mol. The Morgan fingerprint density at radius 3 is 2.18 bits per heavy atom. The third-order valence-corrected chi connectivity index (χ3v) is 3.40. The molecular formula is C16H32O. The van der Waals surface area contributed by atoms with Gasteiger partial charge >= 0.3 is 0 Å². The van der Waals surface area contributed by atoms with Crippen LogP contribution in [0.4, 0.5) is 0 Å². The van der Waals surface area contributed by atoms with Gasteiger partial charge in [-0.05, 0) is 12.3 Å². The topological polar surface area (TPSA) is 20.2 Å². The minimum Gasteiger partial charge on any atom is -0.392 e. The summed E-state index contributed by atoms with van der Waals surface area (Å²) in [5, 5.41) is 8.72. The quantitative estimate of drug-likeness (QED) is 0.372. The Balaban J connectivity index is 3.51. The van der Waals surface area contributed by atoms with Crippen molar-refractivity contribution in [3.05, 3.63) is 12.2 Å². The van der Waals surface area contributed by atoms with Gasteiger partial charge in [0.15, 0.2) is 0 Å². The molecule has 0 amide bonds. The van der Waals surface area contributed by atoms with Crippen LogP contribution in [0.3, 0.4) is 0 Å². The molecule has 0 spiro atoms. The maximum Gasteiger partial charge on any atom is 0.0612 e. The van der Waals surface area contributed by atoms with E-state index in [2.05, 4.69) is 19.9 Å². The summed E-state index contributed by atoms with van der Waals surface area (Å²) in [4.78, 5) is 0. The van der Waals surface area contributed by atoms with Crippen LogP contribution in [-0.4, -0.2) is 11.7 Å². The van der Waals surface area contributed by atoms with Crippen molar-refractivity contribution in [3.63, 3.8) is 0 Å². The van der Waals surface area contributed by atoms with Crippen LogP contribution < -0.4 is 0 Å². The Labute approximate surface area is 108 Å². The standard InChI is InChI=1S/C16H32O/c1-3-5-6-7-8-9-13-16(12-4-2)14-10-11-15-17/h10-11,16-17H,3-9,12-15H2,1-2H3. The fourth-order valence-corrected chi connectivity index (χ4v) is 2.36. The van der Waals surface area contributed by atoms with Crippen molar-refractivity contribution in [2.45, 2.75) is 78.1 Å². The van der Waals surface area contributed by atoms with Crippen LogP contribution in [0.5, 0.6) is 0 Å². The second-order valence-electron chi connectivity index (χ2n) is 5.10. The van der Waals surface area contributed by atoms with E-state index in [1.54, 1.807) is 0 Å². The Bertz CT molecular complexity index is 163. The highest BCUT2D eigenvalue weighted by Crippen LogP contribution is 2.20. The zero-order chi connectivity index (χ0) is 12.8. The molecule has 0 saturated heterocycles. The minimum atomic E-state index is 0.190. The van der Waals surface area contributed by atoms with Crippen LogP contribution in [0.1, 0.15) is 78.1 Å². The van der Waals surface area contributed by atoms with E-state index in [1.165, 1.54) is 57.8 Å². The molecule has 0 saturated carbocycles. The van der Waals surface area contributed by atoms with E-state index in [-0.39, 0.29) is 6.61 Å². The lowest BCUT2D eigenvalue weighted by Crippen LogP contribution is -1.99. The zero-order valence-corrected chi connectivity index (χ0v) is 12.0. The molecule has 17 heavy (non-hydrogen) atoms. The van der Waals surface area contributed by atoms with Gasteiger partial charge in [-0.3, -0.25) is 0 Å². The number of aliphatic hydroxyl groups excluding tert-OH is 1. The Morgan fingerprint density at radius 1 is 0.824 bits per heavy atom. The third kappa shape index (κ3) is 12.0. The number of hydrogen-bond donors (Lipinski definition) is 1.